The maximum Gasteiger partial charge on any atom is 0.341 e. The summed E-state index contributed by atoms with van der Waals surface area (Å²) in [5.74, 6) is -2.76. The summed E-state index contributed by atoms with van der Waals surface area (Å²) in [6, 6.07) is 1.80. The number of rotatable bonds is 0. The Labute approximate surface area is 134 Å². The Morgan fingerprint density at radius 1 is 1.26 bits per heavy atom. The minimum atomic E-state index is -2.25. The zero-order chi connectivity index (χ0) is 17.3. The Bertz CT molecular complexity index is 589. The van der Waals surface area contributed by atoms with Crippen molar-refractivity contribution >= 4 is 11.9 Å². The summed E-state index contributed by atoms with van der Waals surface area (Å²) in [5.41, 5.74) is -3.51. The smallest absolute Gasteiger partial charge is 0.341 e. The lowest BCUT2D eigenvalue weighted by Crippen LogP contribution is -2.61. The first kappa shape index (κ1) is 17.5. The lowest BCUT2D eigenvalue weighted by Gasteiger charge is -2.39. The molecule has 2 heterocycles. The lowest BCUT2D eigenvalue weighted by atomic mass is 9.76. The highest BCUT2D eigenvalue weighted by Gasteiger charge is 2.55. The molecule has 3 atom stereocenters. The van der Waals surface area contributed by atoms with Crippen molar-refractivity contribution in [2.75, 3.05) is 6.61 Å². The number of carbonyl (C=O) groups excluding carboxylic acids is 2. The number of aryl methyl sites for hydroxylation is 1. The van der Waals surface area contributed by atoms with Crippen LogP contribution in [-0.4, -0.2) is 44.5 Å². The highest BCUT2D eigenvalue weighted by Crippen LogP contribution is 2.32. The van der Waals surface area contributed by atoms with Crippen LogP contribution in [0.2, 0.25) is 0 Å². The van der Waals surface area contributed by atoms with Crippen LogP contribution in [-0.2, 0) is 32.2 Å². The predicted molar refractivity (Wildman–Crippen MR) is 80.2 cm³/mol. The molecule has 2 bridgehead atoms. The Morgan fingerprint density at radius 3 is 2.65 bits per heavy atom. The van der Waals surface area contributed by atoms with Crippen LogP contribution in [0.1, 0.15) is 32.8 Å². The summed E-state index contributed by atoms with van der Waals surface area (Å²) in [4.78, 5) is 24.3. The van der Waals surface area contributed by atoms with Crippen molar-refractivity contribution in [2.45, 2.75) is 51.5 Å². The van der Waals surface area contributed by atoms with Crippen LogP contribution in [0.4, 0.5) is 0 Å². The molecule has 1 aliphatic rings. The van der Waals surface area contributed by atoms with Gasteiger partial charge in [-0.25, -0.2) is 4.79 Å². The number of hydrogen-bond acceptors (Lipinski definition) is 6. The molecule has 0 aromatic carbocycles. The molecule has 128 valence electrons. The van der Waals surface area contributed by atoms with Crippen LogP contribution in [0.3, 0.4) is 0 Å². The molecule has 0 amide bonds. The van der Waals surface area contributed by atoms with Crippen molar-refractivity contribution in [3.63, 3.8) is 0 Å². The fraction of sp³-hybridized carbons (Fsp3) is 0.625. The van der Waals surface area contributed by atoms with Gasteiger partial charge in [0.15, 0.2) is 5.60 Å². The van der Waals surface area contributed by atoms with E-state index in [0.29, 0.717) is 13.0 Å². The molecular weight excluding hydrogens is 302 g/mol. The molecule has 3 unspecified atom stereocenters. The van der Waals surface area contributed by atoms with E-state index in [1.54, 1.807) is 6.07 Å². The van der Waals surface area contributed by atoms with Crippen molar-refractivity contribution in [3.8, 4) is 0 Å². The number of fused-ring (bicyclic) bond motifs is 2. The quantitative estimate of drug-likeness (QED) is 0.679. The van der Waals surface area contributed by atoms with E-state index >= 15 is 0 Å². The number of ether oxygens (including phenoxy) is 2. The van der Waals surface area contributed by atoms with Gasteiger partial charge in [0.1, 0.15) is 12.2 Å². The number of nitrogens with zero attached hydrogens (tertiary/aromatic N) is 1. The van der Waals surface area contributed by atoms with E-state index in [9.17, 15) is 19.8 Å². The normalized spacial score (nSPS) is 33.5. The molecule has 0 fully saturated rings. The van der Waals surface area contributed by atoms with E-state index in [0.717, 1.165) is 12.5 Å². The van der Waals surface area contributed by atoms with Crippen molar-refractivity contribution < 1.29 is 29.3 Å². The van der Waals surface area contributed by atoms with Gasteiger partial charge < -0.3 is 24.3 Å². The summed E-state index contributed by atoms with van der Waals surface area (Å²) in [6.45, 7) is 4.60. The fourth-order valence-corrected chi connectivity index (χ4v) is 2.41. The average molecular weight is 325 g/mol. The predicted octanol–water partition coefficient (Wildman–Crippen LogP) is 0.616. The van der Waals surface area contributed by atoms with Gasteiger partial charge in [-0.05, 0) is 33.3 Å². The van der Waals surface area contributed by atoms with Crippen LogP contribution >= 0.6 is 0 Å². The summed E-state index contributed by atoms with van der Waals surface area (Å²) in [5, 5.41) is 21.0. The maximum atomic E-state index is 12.2. The first-order valence-electron chi connectivity index (χ1n) is 7.59. The second-order valence-corrected chi connectivity index (χ2v) is 6.30. The number of cyclic esters (lactones) is 2. The molecular formula is C16H23NO6. The Kier molecular flexibility index (Phi) is 4.81. The average Bonchev–Trinajstić information content (AvgIpc) is 2.94. The van der Waals surface area contributed by atoms with Gasteiger partial charge in [-0.3, -0.25) is 4.79 Å². The van der Waals surface area contributed by atoms with Crippen molar-refractivity contribution in [3.05, 3.63) is 24.0 Å². The van der Waals surface area contributed by atoms with E-state index in [2.05, 4.69) is 0 Å². The highest BCUT2D eigenvalue weighted by atomic mass is 16.6. The third-order valence-electron chi connectivity index (χ3n) is 4.57. The second-order valence-electron chi connectivity index (χ2n) is 6.30. The molecule has 0 saturated carbocycles. The Balaban J connectivity index is 2.29. The first-order valence-corrected chi connectivity index (χ1v) is 7.59. The minimum absolute atomic E-state index is 0.0170. The maximum absolute atomic E-state index is 12.2. The van der Waals surface area contributed by atoms with Gasteiger partial charge in [0.25, 0.3) is 0 Å². The fourth-order valence-electron chi connectivity index (χ4n) is 2.41. The van der Waals surface area contributed by atoms with Gasteiger partial charge >= 0.3 is 11.9 Å². The molecule has 2 N–H and O–H groups in total. The van der Waals surface area contributed by atoms with Crippen molar-refractivity contribution in [2.24, 2.45) is 5.92 Å². The zero-order valence-electron chi connectivity index (χ0n) is 13.6. The molecule has 0 radical (unpaired) electrons. The largest absolute Gasteiger partial charge is 0.465 e. The Hall–Kier alpha value is -1.86. The van der Waals surface area contributed by atoms with E-state index in [1.807, 2.05) is 17.0 Å². The number of esters is 2. The number of aromatic nitrogens is 1. The van der Waals surface area contributed by atoms with Crippen molar-refractivity contribution in [1.29, 1.82) is 0 Å². The van der Waals surface area contributed by atoms with Crippen LogP contribution in [0.15, 0.2) is 18.5 Å². The lowest BCUT2D eigenvalue weighted by molar-refractivity contribution is -0.206. The van der Waals surface area contributed by atoms with E-state index < -0.39 is 29.1 Å². The van der Waals surface area contributed by atoms with E-state index in [4.69, 9.17) is 9.47 Å². The van der Waals surface area contributed by atoms with Gasteiger partial charge in [0.05, 0.1) is 12.5 Å². The van der Waals surface area contributed by atoms with Gasteiger partial charge in [0, 0.05) is 24.5 Å². The second kappa shape index (κ2) is 6.33. The van der Waals surface area contributed by atoms with Crippen LogP contribution in [0.5, 0.6) is 0 Å². The SMILES string of the molecule is CC1C(=O)OCCCn2ccc(c2)COC(=O)C(C)(O)C1(C)O. The third-order valence-corrected chi connectivity index (χ3v) is 4.57. The van der Waals surface area contributed by atoms with Gasteiger partial charge in [0.2, 0.25) is 0 Å². The molecule has 7 nitrogen and oxygen atoms in total. The highest BCUT2D eigenvalue weighted by molar-refractivity contribution is 5.83. The summed E-state index contributed by atoms with van der Waals surface area (Å²) in [7, 11) is 0. The molecule has 23 heavy (non-hydrogen) atoms. The number of carbonyl (C=O) groups is 2. The van der Waals surface area contributed by atoms with Crippen molar-refractivity contribution in [1.82, 2.24) is 4.57 Å². The van der Waals surface area contributed by atoms with Crippen LogP contribution in [0, 0.1) is 5.92 Å². The molecule has 1 aromatic heterocycles. The summed E-state index contributed by atoms with van der Waals surface area (Å²) >= 11 is 0. The number of aliphatic hydroxyl groups is 2. The number of hydrogen-bond donors (Lipinski definition) is 2. The monoisotopic (exact) mass is 325 g/mol. The van der Waals surface area contributed by atoms with E-state index in [-0.39, 0.29) is 13.2 Å². The summed E-state index contributed by atoms with van der Waals surface area (Å²) < 4.78 is 12.1. The van der Waals surface area contributed by atoms with Gasteiger partial charge in [-0.1, -0.05) is 0 Å². The molecule has 2 rings (SSSR count). The molecule has 7 heteroatoms. The first-order chi connectivity index (χ1) is 10.7. The van der Waals surface area contributed by atoms with Gasteiger partial charge in [-0.15, -0.1) is 0 Å². The standard InChI is InChI=1S/C16H23NO6/c1-11-13(18)22-8-4-6-17-7-5-12(9-17)10-23-14(19)16(3,21)15(11,2)20/h5,7,9,11,20-21H,4,6,8,10H2,1-3H3. The Morgan fingerprint density at radius 2 is 1.96 bits per heavy atom. The van der Waals surface area contributed by atoms with E-state index in [1.165, 1.54) is 13.8 Å². The minimum Gasteiger partial charge on any atom is -0.465 e. The van der Waals surface area contributed by atoms with Crippen LogP contribution in [0.25, 0.3) is 0 Å². The zero-order valence-corrected chi connectivity index (χ0v) is 13.6. The van der Waals surface area contributed by atoms with Gasteiger partial charge in [-0.2, -0.15) is 0 Å². The molecule has 0 spiro atoms. The van der Waals surface area contributed by atoms with Crippen LogP contribution < -0.4 is 0 Å². The molecule has 0 aliphatic carbocycles. The molecule has 1 aromatic rings. The third kappa shape index (κ3) is 3.40. The molecule has 0 saturated heterocycles. The topological polar surface area (TPSA) is 98.0 Å². The summed E-state index contributed by atoms with van der Waals surface area (Å²) in [6.07, 6.45) is 4.27. The molecule has 1 aliphatic heterocycles.